The first-order chi connectivity index (χ1) is 31.1. The lowest BCUT2D eigenvalue weighted by molar-refractivity contribution is 0.969. The number of nitrogens with zero attached hydrogens (tertiary/aromatic N) is 2. The van der Waals surface area contributed by atoms with Crippen molar-refractivity contribution < 1.29 is 0 Å². The van der Waals surface area contributed by atoms with E-state index in [-0.39, 0.29) is 5.92 Å². The van der Waals surface area contributed by atoms with Gasteiger partial charge in [-0.25, -0.2) is 0 Å². The van der Waals surface area contributed by atoms with E-state index < -0.39 is 0 Å². The van der Waals surface area contributed by atoms with Gasteiger partial charge in [0.15, 0.2) is 0 Å². The highest BCUT2D eigenvalue weighted by Gasteiger charge is 2.16. The average Bonchev–Trinajstić information content (AvgIpc) is 3.36. The quantitative estimate of drug-likeness (QED) is 0.107. The molecule has 0 N–H and O–H groups in total. The molecular weight excluding hydrogens is 761 g/mol. The van der Waals surface area contributed by atoms with Crippen LogP contribution in [0.5, 0.6) is 0 Å². The molecule has 0 radical (unpaired) electrons. The standard InChI is InChI=1S/C61H52N2/c1-3-16-55(45-46(2)47-29-37-58(38-30-47)62(56-21-12-6-13-22-56)59-39-31-51(32-40-59)48-17-8-4-9-18-48)54-27-25-50(26-28-54)53-35-43-61(44-36-53)63(57-23-14-7-15-24-57)60-41-33-52(34-42-60)49-19-10-5-11-20-49/h3,5-8,10-46H,4,9H2,1-2H3/b16-3-,55-45+. The Kier molecular flexibility index (Phi) is 12.5. The van der Waals surface area contributed by atoms with Crippen LogP contribution in [-0.2, 0) is 0 Å². The van der Waals surface area contributed by atoms with Crippen molar-refractivity contribution in [2.75, 3.05) is 9.80 Å². The molecule has 0 heterocycles. The predicted molar refractivity (Wildman–Crippen MR) is 271 cm³/mol. The average molecular weight is 813 g/mol. The molecule has 9 rings (SSSR count). The molecule has 1 unspecified atom stereocenters. The Balaban J connectivity index is 0.925. The first kappa shape index (κ1) is 40.7. The van der Waals surface area contributed by atoms with Gasteiger partial charge in [-0.2, -0.15) is 0 Å². The number of para-hydroxylation sites is 2. The summed E-state index contributed by atoms with van der Waals surface area (Å²) in [4.78, 5) is 4.65. The Hall–Kier alpha value is -7.68. The molecule has 0 aromatic heterocycles. The van der Waals surface area contributed by atoms with Crippen LogP contribution in [0.15, 0.2) is 249 Å². The van der Waals surface area contributed by atoms with Crippen molar-refractivity contribution in [1.82, 2.24) is 0 Å². The second-order valence-electron chi connectivity index (χ2n) is 16.1. The maximum Gasteiger partial charge on any atom is 0.0462 e. The molecule has 0 amide bonds. The minimum absolute atomic E-state index is 0.209. The summed E-state index contributed by atoms with van der Waals surface area (Å²) in [5.41, 5.74) is 17.8. The molecule has 306 valence electrons. The Morgan fingerprint density at radius 2 is 0.825 bits per heavy atom. The van der Waals surface area contributed by atoms with Crippen LogP contribution in [-0.4, -0.2) is 0 Å². The SMILES string of the molecule is C/C=C\C(=C/C(C)c1ccc(N(c2ccccc2)c2ccc(C3=CCCC=C3)cc2)cc1)c1ccc(-c2ccc(N(c3ccccc3)c3ccc(-c4ccccc4)cc3)cc2)cc1. The third-order valence-electron chi connectivity index (χ3n) is 11.8. The molecule has 0 saturated carbocycles. The summed E-state index contributed by atoms with van der Waals surface area (Å²) >= 11 is 0. The van der Waals surface area contributed by atoms with Crippen molar-refractivity contribution in [3.05, 3.63) is 265 Å². The van der Waals surface area contributed by atoms with Gasteiger partial charge in [-0.15, -0.1) is 0 Å². The van der Waals surface area contributed by atoms with Crippen LogP contribution in [0.1, 0.15) is 49.3 Å². The highest BCUT2D eigenvalue weighted by Crippen LogP contribution is 2.39. The Labute approximate surface area is 373 Å². The molecule has 2 nitrogen and oxygen atoms in total. The van der Waals surface area contributed by atoms with E-state index in [2.05, 4.69) is 272 Å². The summed E-state index contributed by atoms with van der Waals surface area (Å²) in [6.45, 7) is 4.37. The molecule has 0 aliphatic heterocycles. The molecule has 0 fully saturated rings. The van der Waals surface area contributed by atoms with Gasteiger partial charge in [-0.1, -0.05) is 183 Å². The third-order valence-corrected chi connectivity index (χ3v) is 11.8. The first-order valence-corrected chi connectivity index (χ1v) is 22.1. The molecule has 8 aromatic carbocycles. The topological polar surface area (TPSA) is 6.48 Å². The fraction of sp³-hybridized carbons (Fsp3) is 0.0820. The summed E-state index contributed by atoms with van der Waals surface area (Å²) in [6.07, 6.45) is 15.8. The van der Waals surface area contributed by atoms with E-state index in [1.807, 2.05) is 0 Å². The lowest BCUT2D eigenvalue weighted by Gasteiger charge is -2.26. The molecule has 0 saturated heterocycles. The molecular formula is C61H52N2. The van der Waals surface area contributed by atoms with Crippen molar-refractivity contribution in [3.8, 4) is 22.3 Å². The van der Waals surface area contributed by atoms with Gasteiger partial charge in [-0.3, -0.25) is 0 Å². The number of hydrogen-bond acceptors (Lipinski definition) is 2. The molecule has 1 aliphatic carbocycles. The monoisotopic (exact) mass is 812 g/mol. The summed E-state index contributed by atoms with van der Waals surface area (Å²) in [6, 6.07) is 76.5. The third kappa shape index (κ3) is 9.47. The molecule has 8 aromatic rings. The highest BCUT2D eigenvalue weighted by atomic mass is 15.1. The first-order valence-electron chi connectivity index (χ1n) is 22.1. The molecule has 63 heavy (non-hydrogen) atoms. The normalized spacial score (nSPS) is 13.1. The number of rotatable bonds is 13. The highest BCUT2D eigenvalue weighted by molar-refractivity contribution is 5.82. The maximum atomic E-state index is 2.38. The van der Waals surface area contributed by atoms with Gasteiger partial charge in [0, 0.05) is 34.1 Å². The summed E-state index contributed by atoms with van der Waals surface area (Å²) in [5, 5.41) is 0. The lowest BCUT2D eigenvalue weighted by Crippen LogP contribution is -2.10. The Morgan fingerprint density at radius 1 is 0.429 bits per heavy atom. The Bertz CT molecular complexity index is 2830. The molecule has 2 heteroatoms. The van der Waals surface area contributed by atoms with Gasteiger partial charge < -0.3 is 9.80 Å². The zero-order chi connectivity index (χ0) is 42.8. The number of allylic oxidation sites excluding steroid dienone is 8. The smallest absolute Gasteiger partial charge is 0.0462 e. The van der Waals surface area contributed by atoms with Crippen LogP contribution in [0.25, 0.3) is 33.4 Å². The van der Waals surface area contributed by atoms with E-state index >= 15 is 0 Å². The van der Waals surface area contributed by atoms with Crippen LogP contribution >= 0.6 is 0 Å². The van der Waals surface area contributed by atoms with E-state index in [0.717, 1.165) is 47.0 Å². The van der Waals surface area contributed by atoms with Crippen molar-refractivity contribution in [3.63, 3.8) is 0 Å². The van der Waals surface area contributed by atoms with E-state index in [4.69, 9.17) is 0 Å². The lowest BCUT2D eigenvalue weighted by atomic mass is 9.93. The summed E-state index contributed by atoms with van der Waals surface area (Å²) in [5.74, 6) is 0.209. The number of anilines is 6. The van der Waals surface area contributed by atoms with Gasteiger partial charge in [0.2, 0.25) is 0 Å². The summed E-state index contributed by atoms with van der Waals surface area (Å²) < 4.78 is 0. The minimum atomic E-state index is 0.209. The molecule has 1 aliphatic rings. The van der Waals surface area contributed by atoms with E-state index in [1.165, 1.54) is 50.1 Å². The number of hydrogen-bond donors (Lipinski definition) is 0. The van der Waals surface area contributed by atoms with Crippen molar-refractivity contribution in [2.24, 2.45) is 0 Å². The van der Waals surface area contributed by atoms with Gasteiger partial charge >= 0.3 is 0 Å². The Morgan fingerprint density at radius 3 is 1.27 bits per heavy atom. The van der Waals surface area contributed by atoms with E-state index in [9.17, 15) is 0 Å². The van der Waals surface area contributed by atoms with Crippen molar-refractivity contribution in [2.45, 2.75) is 32.6 Å². The van der Waals surface area contributed by atoms with Gasteiger partial charge in [0.1, 0.15) is 0 Å². The fourth-order valence-electron chi connectivity index (χ4n) is 8.49. The van der Waals surface area contributed by atoms with Crippen LogP contribution in [0, 0.1) is 0 Å². The summed E-state index contributed by atoms with van der Waals surface area (Å²) in [7, 11) is 0. The van der Waals surface area contributed by atoms with E-state index in [0.29, 0.717) is 0 Å². The van der Waals surface area contributed by atoms with Crippen LogP contribution in [0.4, 0.5) is 34.1 Å². The van der Waals surface area contributed by atoms with Crippen molar-refractivity contribution >= 4 is 45.3 Å². The maximum absolute atomic E-state index is 2.38. The predicted octanol–water partition coefficient (Wildman–Crippen LogP) is 17.5. The fourth-order valence-corrected chi connectivity index (χ4v) is 8.49. The zero-order valence-electron chi connectivity index (χ0n) is 36.1. The number of benzene rings is 8. The largest absolute Gasteiger partial charge is 0.311 e. The van der Waals surface area contributed by atoms with Gasteiger partial charge in [0.05, 0.1) is 0 Å². The van der Waals surface area contributed by atoms with E-state index in [1.54, 1.807) is 0 Å². The van der Waals surface area contributed by atoms with Gasteiger partial charge in [0.25, 0.3) is 0 Å². The zero-order valence-corrected chi connectivity index (χ0v) is 36.1. The molecule has 0 bridgehead atoms. The second kappa shape index (κ2) is 19.4. The van der Waals surface area contributed by atoms with Crippen LogP contribution in [0.2, 0.25) is 0 Å². The minimum Gasteiger partial charge on any atom is -0.311 e. The van der Waals surface area contributed by atoms with Crippen molar-refractivity contribution in [1.29, 1.82) is 0 Å². The molecule has 1 atom stereocenters. The van der Waals surface area contributed by atoms with Crippen LogP contribution in [0.3, 0.4) is 0 Å². The van der Waals surface area contributed by atoms with Gasteiger partial charge in [-0.05, 0) is 149 Å². The molecule has 0 spiro atoms. The second-order valence-corrected chi connectivity index (χ2v) is 16.1. The van der Waals surface area contributed by atoms with Crippen LogP contribution < -0.4 is 9.80 Å².